The molecule has 19 heavy (non-hydrogen) atoms. The molecule has 1 heterocycles. The maximum absolute atomic E-state index is 12.3. The lowest BCUT2D eigenvalue weighted by Crippen LogP contribution is -2.38. The van der Waals surface area contributed by atoms with Crippen molar-refractivity contribution in [1.29, 1.82) is 0 Å². The SMILES string of the molecule is NCCN(CC(F)(F)F)c1ccc(C(F)(F)F)cn1. The number of pyridine rings is 1. The first-order valence-electron chi connectivity index (χ1n) is 5.18. The van der Waals surface area contributed by atoms with Crippen LogP contribution in [0.3, 0.4) is 0 Å². The van der Waals surface area contributed by atoms with Crippen LogP contribution in [-0.2, 0) is 6.18 Å². The van der Waals surface area contributed by atoms with Gasteiger partial charge in [-0.25, -0.2) is 4.98 Å². The molecule has 0 radical (unpaired) electrons. The largest absolute Gasteiger partial charge is 0.417 e. The number of hydrogen-bond donors (Lipinski definition) is 1. The summed E-state index contributed by atoms with van der Waals surface area (Å²) in [4.78, 5) is 4.18. The first-order valence-corrected chi connectivity index (χ1v) is 5.18. The average molecular weight is 287 g/mol. The van der Waals surface area contributed by atoms with E-state index in [0.29, 0.717) is 12.3 Å². The van der Waals surface area contributed by atoms with Gasteiger partial charge in [0.05, 0.1) is 5.56 Å². The monoisotopic (exact) mass is 287 g/mol. The molecule has 1 rings (SSSR count). The number of rotatable bonds is 4. The van der Waals surface area contributed by atoms with Gasteiger partial charge in [-0.1, -0.05) is 0 Å². The summed E-state index contributed by atoms with van der Waals surface area (Å²) in [5, 5.41) is 0. The fourth-order valence-corrected chi connectivity index (χ4v) is 1.39. The minimum absolute atomic E-state index is 0.0707. The summed E-state index contributed by atoms with van der Waals surface area (Å²) in [6, 6.07) is 1.58. The molecule has 0 amide bonds. The highest BCUT2D eigenvalue weighted by Gasteiger charge is 2.33. The molecule has 0 aliphatic carbocycles. The van der Waals surface area contributed by atoms with E-state index in [1.165, 1.54) is 0 Å². The van der Waals surface area contributed by atoms with Crippen LogP contribution in [0.25, 0.3) is 0 Å². The van der Waals surface area contributed by atoms with Crippen LogP contribution in [0.1, 0.15) is 5.56 Å². The topological polar surface area (TPSA) is 42.1 Å². The number of alkyl halides is 6. The van der Waals surface area contributed by atoms with Crippen LogP contribution in [0.15, 0.2) is 18.3 Å². The lowest BCUT2D eigenvalue weighted by molar-refractivity contribution is -0.137. The van der Waals surface area contributed by atoms with Crippen molar-refractivity contribution in [2.75, 3.05) is 24.5 Å². The van der Waals surface area contributed by atoms with E-state index in [4.69, 9.17) is 5.73 Å². The third kappa shape index (κ3) is 4.93. The summed E-state index contributed by atoms with van der Waals surface area (Å²) in [7, 11) is 0. The van der Waals surface area contributed by atoms with Crippen molar-refractivity contribution in [3.05, 3.63) is 23.9 Å². The number of anilines is 1. The highest BCUT2D eigenvalue weighted by Crippen LogP contribution is 2.29. The standard InChI is InChI=1S/C10H11F6N3/c11-9(12,13)6-19(4-3-17)8-2-1-7(5-18-8)10(14,15)16/h1-2,5H,3-4,6,17H2. The van der Waals surface area contributed by atoms with Crippen LogP contribution in [0.2, 0.25) is 0 Å². The van der Waals surface area contributed by atoms with Crippen LogP contribution in [0.5, 0.6) is 0 Å². The Hall–Kier alpha value is -1.51. The normalized spacial score (nSPS) is 12.6. The van der Waals surface area contributed by atoms with E-state index in [0.717, 1.165) is 11.0 Å². The van der Waals surface area contributed by atoms with Gasteiger partial charge in [0.25, 0.3) is 0 Å². The molecule has 1 aromatic heterocycles. The maximum Gasteiger partial charge on any atom is 0.417 e. The number of halogens is 6. The lowest BCUT2D eigenvalue weighted by atomic mass is 10.2. The van der Waals surface area contributed by atoms with Gasteiger partial charge in [-0.2, -0.15) is 26.3 Å². The number of nitrogens with zero attached hydrogens (tertiary/aromatic N) is 2. The fraction of sp³-hybridized carbons (Fsp3) is 0.500. The zero-order valence-corrected chi connectivity index (χ0v) is 9.59. The lowest BCUT2D eigenvalue weighted by Gasteiger charge is -2.24. The molecule has 3 nitrogen and oxygen atoms in total. The Bertz CT molecular complexity index is 397. The molecule has 0 bridgehead atoms. The predicted octanol–water partition coefficient (Wildman–Crippen LogP) is 2.43. The van der Waals surface area contributed by atoms with Gasteiger partial charge >= 0.3 is 12.4 Å². The second-order valence-electron chi connectivity index (χ2n) is 3.73. The van der Waals surface area contributed by atoms with Crippen LogP contribution in [-0.4, -0.2) is 30.8 Å². The van der Waals surface area contributed by atoms with Crippen molar-refractivity contribution in [3.63, 3.8) is 0 Å². The quantitative estimate of drug-likeness (QED) is 0.865. The van der Waals surface area contributed by atoms with Crippen molar-refractivity contribution in [1.82, 2.24) is 4.98 Å². The van der Waals surface area contributed by atoms with Gasteiger partial charge < -0.3 is 10.6 Å². The molecular formula is C10H11F6N3. The smallest absolute Gasteiger partial charge is 0.346 e. The summed E-state index contributed by atoms with van der Waals surface area (Å²) < 4.78 is 73.7. The molecule has 108 valence electrons. The average Bonchev–Trinajstić information content (AvgIpc) is 2.26. The second kappa shape index (κ2) is 5.64. The number of hydrogen-bond acceptors (Lipinski definition) is 3. The number of nitrogens with two attached hydrogens (primary N) is 1. The van der Waals surface area contributed by atoms with E-state index in [2.05, 4.69) is 4.98 Å². The number of aromatic nitrogens is 1. The zero-order valence-electron chi connectivity index (χ0n) is 9.59. The minimum atomic E-state index is -4.58. The Labute approximate surface area is 105 Å². The Balaban J connectivity index is 2.91. The Morgan fingerprint density at radius 2 is 1.74 bits per heavy atom. The molecular weight excluding hydrogens is 276 g/mol. The van der Waals surface area contributed by atoms with E-state index in [1.807, 2.05) is 0 Å². The highest BCUT2D eigenvalue weighted by molar-refractivity contribution is 5.40. The van der Waals surface area contributed by atoms with Crippen LogP contribution in [0, 0.1) is 0 Å². The van der Waals surface area contributed by atoms with Crippen molar-refractivity contribution in [3.8, 4) is 0 Å². The van der Waals surface area contributed by atoms with Gasteiger partial charge in [0.15, 0.2) is 0 Å². The second-order valence-corrected chi connectivity index (χ2v) is 3.73. The van der Waals surface area contributed by atoms with Crippen LogP contribution < -0.4 is 10.6 Å². The summed E-state index contributed by atoms with van der Waals surface area (Å²) in [5.74, 6) is -0.198. The van der Waals surface area contributed by atoms with Gasteiger partial charge in [0.2, 0.25) is 0 Å². The fourth-order valence-electron chi connectivity index (χ4n) is 1.39. The molecule has 0 aromatic carbocycles. The molecule has 9 heteroatoms. The molecule has 0 atom stereocenters. The van der Waals surface area contributed by atoms with E-state index in [9.17, 15) is 26.3 Å². The Morgan fingerprint density at radius 3 is 2.11 bits per heavy atom. The van der Waals surface area contributed by atoms with Gasteiger partial charge in [-0.15, -0.1) is 0 Å². The van der Waals surface area contributed by atoms with Crippen molar-refractivity contribution in [2.24, 2.45) is 5.73 Å². The van der Waals surface area contributed by atoms with E-state index in [-0.39, 0.29) is 18.9 Å². The molecule has 0 saturated carbocycles. The summed E-state index contributed by atoms with van der Waals surface area (Å²) >= 11 is 0. The summed E-state index contributed by atoms with van der Waals surface area (Å²) in [5.41, 5.74) is 4.15. The molecule has 1 aromatic rings. The first-order chi connectivity index (χ1) is 8.63. The minimum Gasteiger partial charge on any atom is -0.346 e. The van der Waals surface area contributed by atoms with E-state index >= 15 is 0 Å². The molecule has 0 unspecified atom stereocenters. The van der Waals surface area contributed by atoms with E-state index < -0.39 is 24.5 Å². The van der Waals surface area contributed by atoms with Crippen molar-refractivity contribution >= 4 is 5.82 Å². The van der Waals surface area contributed by atoms with E-state index in [1.54, 1.807) is 0 Å². The maximum atomic E-state index is 12.3. The molecule has 0 aliphatic heterocycles. The third-order valence-electron chi connectivity index (χ3n) is 2.17. The van der Waals surface area contributed by atoms with Crippen molar-refractivity contribution < 1.29 is 26.3 Å². The van der Waals surface area contributed by atoms with Gasteiger partial charge in [-0.3, -0.25) is 0 Å². The molecule has 2 N–H and O–H groups in total. The first kappa shape index (κ1) is 15.5. The van der Waals surface area contributed by atoms with Gasteiger partial charge in [0, 0.05) is 19.3 Å². The molecule has 0 aliphatic rings. The molecule has 0 fully saturated rings. The van der Waals surface area contributed by atoms with Crippen LogP contribution >= 0.6 is 0 Å². The Morgan fingerprint density at radius 1 is 1.11 bits per heavy atom. The zero-order chi connectivity index (χ0) is 14.7. The third-order valence-corrected chi connectivity index (χ3v) is 2.17. The Kier molecular flexibility index (Phi) is 4.61. The van der Waals surface area contributed by atoms with Gasteiger partial charge in [-0.05, 0) is 12.1 Å². The van der Waals surface area contributed by atoms with Gasteiger partial charge in [0.1, 0.15) is 12.4 Å². The predicted molar refractivity (Wildman–Crippen MR) is 56.6 cm³/mol. The molecule has 0 spiro atoms. The summed E-state index contributed by atoms with van der Waals surface area (Å²) in [6.07, 6.45) is -8.57. The summed E-state index contributed by atoms with van der Waals surface area (Å²) in [6.45, 7) is -1.54. The highest BCUT2D eigenvalue weighted by atomic mass is 19.4. The van der Waals surface area contributed by atoms with Crippen LogP contribution in [0.4, 0.5) is 32.2 Å². The van der Waals surface area contributed by atoms with Crippen molar-refractivity contribution in [2.45, 2.75) is 12.4 Å². The molecule has 0 saturated heterocycles.